The maximum Gasteiger partial charge on any atom is 0.262 e. The lowest BCUT2D eigenvalue weighted by atomic mass is 10.1. The molecule has 6 nitrogen and oxygen atoms in total. The summed E-state index contributed by atoms with van der Waals surface area (Å²) in [6.07, 6.45) is 0.705. The Morgan fingerprint density at radius 3 is 2.68 bits per heavy atom. The lowest BCUT2D eigenvalue weighted by Gasteiger charge is -2.13. The molecule has 0 aliphatic heterocycles. The molecule has 0 aliphatic rings. The van der Waals surface area contributed by atoms with Crippen molar-refractivity contribution in [2.24, 2.45) is 0 Å². The van der Waals surface area contributed by atoms with Crippen molar-refractivity contribution in [3.05, 3.63) is 70.1 Å². The molecule has 0 bridgehead atoms. The number of rotatable bonds is 9. The Labute approximate surface area is 184 Å². The van der Waals surface area contributed by atoms with E-state index in [4.69, 9.17) is 9.72 Å². The molecular formula is C24H25N3O3S. The highest BCUT2D eigenvalue weighted by atomic mass is 32.2. The van der Waals surface area contributed by atoms with Gasteiger partial charge in [0.2, 0.25) is 0 Å². The minimum atomic E-state index is -0.0830. The average molecular weight is 436 g/mol. The van der Waals surface area contributed by atoms with Crippen LogP contribution in [0.4, 0.5) is 0 Å². The summed E-state index contributed by atoms with van der Waals surface area (Å²) < 4.78 is 7.09. The lowest BCUT2D eigenvalue weighted by molar-refractivity contribution is 0.102. The second-order valence-corrected chi connectivity index (χ2v) is 8.24. The number of hydrogen-bond acceptors (Lipinski definition) is 5. The number of fused-ring (bicyclic) bond motifs is 2. The van der Waals surface area contributed by atoms with Gasteiger partial charge < -0.3 is 9.72 Å². The van der Waals surface area contributed by atoms with E-state index in [2.05, 4.69) is 4.98 Å². The lowest BCUT2D eigenvalue weighted by Crippen LogP contribution is -2.24. The fourth-order valence-corrected chi connectivity index (χ4v) is 4.66. The van der Waals surface area contributed by atoms with E-state index in [9.17, 15) is 9.59 Å². The Morgan fingerprint density at radius 1 is 1.13 bits per heavy atom. The Kier molecular flexibility index (Phi) is 6.53. The number of H-pyrrole nitrogens is 1. The van der Waals surface area contributed by atoms with Crippen LogP contribution in [0.5, 0.6) is 0 Å². The number of aryl methyl sites for hydroxylation is 1. The number of ketones is 1. The van der Waals surface area contributed by atoms with Crippen LogP contribution >= 0.6 is 11.8 Å². The van der Waals surface area contributed by atoms with Crippen molar-refractivity contribution >= 4 is 39.4 Å². The molecule has 0 atom stereocenters. The van der Waals surface area contributed by atoms with Gasteiger partial charge in [0.15, 0.2) is 10.9 Å². The SMILES string of the molecule is CCOCCCn1c(SCC(=O)c2c(C)[nH]c3ccccc23)nc2ccccc2c1=O. The van der Waals surface area contributed by atoms with Crippen LogP contribution in [0.1, 0.15) is 29.4 Å². The Morgan fingerprint density at radius 2 is 1.87 bits per heavy atom. The number of hydrogen-bond donors (Lipinski definition) is 1. The summed E-state index contributed by atoms with van der Waals surface area (Å²) in [6.45, 7) is 5.58. The zero-order valence-corrected chi connectivity index (χ0v) is 18.5. The maximum atomic E-state index is 13.1. The molecule has 0 unspecified atom stereocenters. The summed E-state index contributed by atoms with van der Waals surface area (Å²) in [4.78, 5) is 34.2. The Balaban J connectivity index is 1.62. The van der Waals surface area contributed by atoms with Crippen molar-refractivity contribution in [3.63, 3.8) is 0 Å². The molecule has 0 aliphatic carbocycles. The van der Waals surface area contributed by atoms with Crippen molar-refractivity contribution in [3.8, 4) is 0 Å². The van der Waals surface area contributed by atoms with Gasteiger partial charge in [0.25, 0.3) is 5.56 Å². The summed E-state index contributed by atoms with van der Waals surface area (Å²) in [7, 11) is 0. The van der Waals surface area contributed by atoms with E-state index in [1.54, 1.807) is 10.6 Å². The van der Waals surface area contributed by atoms with E-state index in [1.807, 2.05) is 56.3 Å². The summed E-state index contributed by atoms with van der Waals surface area (Å²) in [6, 6.07) is 15.1. The number of carbonyl (C=O) groups is 1. The molecular weight excluding hydrogens is 410 g/mol. The largest absolute Gasteiger partial charge is 0.382 e. The molecule has 0 fully saturated rings. The molecule has 7 heteroatoms. The number of Topliss-reactive ketones (excluding diaryl/α,β-unsaturated/α-hetero) is 1. The first-order valence-electron chi connectivity index (χ1n) is 10.4. The van der Waals surface area contributed by atoms with Gasteiger partial charge in [-0.1, -0.05) is 42.1 Å². The van der Waals surface area contributed by atoms with Gasteiger partial charge >= 0.3 is 0 Å². The van der Waals surface area contributed by atoms with Gasteiger partial charge in [-0.15, -0.1) is 0 Å². The van der Waals surface area contributed by atoms with Crippen LogP contribution in [0.15, 0.2) is 58.5 Å². The summed E-state index contributed by atoms with van der Waals surface area (Å²) >= 11 is 1.31. The third-order valence-electron chi connectivity index (χ3n) is 5.21. The predicted octanol–water partition coefficient (Wildman–Crippen LogP) is 4.59. The highest BCUT2D eigenvalue weighted by molar-refractivity contribution is 7.99. The van der Waals surface area contributed by atoms with Crippen LogP contribution < -0.4 is 5.56 Å². The van der Waals surface area contributed by atoms with Gasteiger partial charge in [-0.25, -0.2) is 4.98 Å². The molecule has 0 saturated heterocycles. The number of nitrogens with zero attached hydrogens (tertiary/aromatic N) is 2. The number of nitrogens with one attached hydrogen (secondary N) is 1. The molecule has 1 N–H and O–H groups in total. The zero-order valence-electron chi connectivity index (χ0n) is 17.7. The number of aromatic amines is 1. The minimum Gasteiger partial charge on any atom is -0.382 e. The van der Waals surface area contributed by atoms with Gasteiger partial charge in [0.05, 0.1) is 16.7 Å². The predicted molar refractivity (Wildman–Crippen MR) is 125 cm³/mol. The highest BCUT2D eigenvalue weighted by Crippen LogP contribution is 2.25. The number of carbonyl (C=O) groups excluding carboxylic acids is 1. The molecule has 0 saturated carbocycles. The summed E-state index contributed by atoms with van der Waals surface area (Å²) in [5, 5.41) is 2.07. The quantitative estimate of drug-likeness (QED) is 0.180. The van der Waals surface area contributed by atoms with E-state index in [0.29, 0.717) is 47.8 Å². The van der Waals surface area contributed by atoms with Gasteiger partial charge in [0, 0.05) is 41.9 Å². The van der Waals surface area contributed by atoms with Gasteiger partial charge in [-0.3, -0.25) is 14.2 Å². The average Bonchev–Trinajstić information content (AvgIpc) is 3.12. The second kappa shape index (κ2) is 9.49. The zero-order chi connectivity index (χ0) is 21.8. The molecule has 2 heterocycles. The van der Waals surface area contributed by atoms with Crippen LogP contribution in [0.25, 0.3) is 21.8 Å². The topological polar surface area (TPSA) is 77.0 Å². The number of ether oxygens (including phenoxy) is 1. The third kappa shape index (κ3) is 4.43. The van der Waals surface area contributed by atoms with Crippen LogP contribution in [-0.2, 0) is 11.3 Å². The minimum absolute atomic E-state index is 0.0169. The summed E-state index contributed by atoms with van der Waals surface area (Å²) in [5.74, 6) is 0.224. The fraction of sp³-hybridized carbons (Fsp3) is 0.292. The Hall–Kier alpha value is -2.90. The molecule has 2 aromatic heterocycles. The van der Waals surface area contributed by atoms with E-state index >= 15 is 0 Å². The smallest absolute Gasteiger partial charge is 0.262 e. The number of aromatic nitrogens is 3. The second-order valence-electron chi connectivity index (χ2n) is 7.30. The van der Waals surface area contributed by atoms with Gasteiger partial charge in [-0.2, -0.15) is 0 Å². The highest BCUT2D eigenvalue weighted by Gasteiger charge is 2.18. The first-order valence-corrected chi connectivity index (χ1v) is 11.4. The Bertz CT molecular complexity index is 1290. The van der Waals surface area contributed by atoms with E-state index in [1.165, 1.54) is 11.8 Å². The van der Waals surface area contributed by atoms with Crippen LogP contribution in [0.2, 0.25) is 0 Å². The van der Waals surface area contributed by atoms with E-state index < -0.39 is 0 Å². The molecule has 4 aromatic rings. The van der Waals surface area contributed by atoms with Gasteiger partial charge in [0.1, 0.15) is 0 Å². The first-order chi connectivity index (χ1) is 15.1. The normalized spacial score (nSPS) is 11.4. The molecule has 2 aromatic carbocycles. The van der Waals surface area contributed by atoms with E-state index in [-0.39, 0.29) is 17.1 Å². The van der Waals surface area contributed by atoms with E-state index in [0.717, 1.165) is 16.6 Å². The van der Waals surface area contributed by atoms with Crippen LogP contribution in [0, 0.1) is 6.92 Å². The maximum absolute atomic E-state index is 13.1. The number of benzene rings is 2. The first kappa shape index (κ1) is 21.3. The van der Waals surface area contributed by atoms with Crippen LogP contribution in [0.3, 0.4) is 0 Å². The molecule has 0 radical (unpaired) electrons. The monoisotopic (exact) mass is 435 g/mol. The molecule has 0 spiro atoms. The molecule has 0 amide bonds. The van der Waals surface area contributed by atoms with Crippen molar-refractivity contribution < 1.29 is 9.53 Å². The fourth-order valence-electron chi connectivity index (χ4n) is 3.76. The van der Waals surface area contributed by atoms with Crippen molar-refractivity contribution in [2.75, 3.05) is 19.0 Å². The van der Waals surface area contributed by atoms with Crippen molar-refractivity contribution in [2.45, 2.75) is 32.0 Å². The standard InChI is InChI=1S/C24H25N3O3S/c1-3-30-14-8-13-27-23(29)18-10-5-7-12-20(18)26-24(27)31-15-21(28)22-16(2)25-19-11-6-4-9-17(19)22/h4-7,9-12,25H,3,8,13-15H2,1-2H3. The number of thioether (sulfide) groups is 1. The molecule has 31 heavy (non-hydrogen) atoms. The van der Waals surface area contributed by atoms with Crippen molar-refractivity contribution in [1.82, 2.24) is 14.5 Å². The summed E-state index contributed by atoms with van der Waals surface area (Å²) in [5.41, 5.74) is 3.07. The molecule has 4 rings (SSSR count). The van der Waals surface area contributed by atoms with Gasteiger partial charge in [-0.05, 0) is 38.5 Å². The van der Waals surface area contributed by atoms with Crippen LogP contribution in [-0.4, -0.2) is 39.3 Å². The third-order valence-corrected chi connectivity index (χ3v) is 6.18. The molecule has 160 valence electrons. The number of para-hydroxylation sites is 2. The van der Waals surface area contributed by atoms with Crippen molar-refractivity contribution in [1.29, 1.82) is 0 Å².